The second kappa shape index (κ2) is 9.15. The molecule has 1 aromatic heterocycles. The molecule has 35 heavy (non-hydrogen) atoms. The number of nitrogens with zero attached hydrogens (tertiary/aromatic N) is 3. The summed E-state index contributed by atoms with van der Waals surface area (Å²) in [7, 11) is 0. The number of hydrogen-bond acceptors (Lipinski definition) is 7. The summed E-state index contributed by atoms with van der Waals surface area (Å²) in [4.78, 5) is 27.8. The molecule has 0 unspecified atom stereocenters. The second-order valence-corrected chi connectivity index (χ2v) is 9.29. The molecular weight excluding hydrogens is 462 g/mol. The minimum atomic E-state index is -0.900. The van der Waals surface area contributed by atoms with Crippen molar-refractivity contribution in [3.05, 3.63) is 106 Å². The Bertz CT molecular complexity index is 1440. The van der Waals surface area contributed by atoms with Crippen molar-refractivity contribution < 1.29 is 19.4 Å². The molecule has 1 saturated heterocycles. The van der Waals surface area contributed by atoms with Crippen molar-refractivity contribution in [1.82, 2.24) is 10.2 Å². The molecule has 8 heteroatoms. The average molecular weight is 484 g/mol. The Morgan fingerprint density at radius 2 is 1.63 bits per heavy atom. The predicted molar refractivity (Wildman–Crippen MR) is 134 cm³/mol. The number of carbonyl (C=O) groups is 2. The third kappa shape index (κ3) is 4.31. The van der Waals surface area contributed by atoms with E-state index in [0.717, 1.165) is 5.56 Å². The van der Waals surface area contributed by atoms with E-state index >= 15 is 0 Å². The summed E-state index contributed by atoms with van der Waals surface area (Å²) in [5.74, 6) is -0.614. The molecule has 1 N–H and O–H groups in total. The first-order valence-corrected chi connectivity index (χ1v) is 11.7. The average Bonchev–Trinajstić information content (AvgIpc) is 3.40. The molecule has 1 atom stereocenters. The molecule has 0 spiro atoms. The van der Waals surface area contributed by atoms with Crippen LogP contribution in [0, 0.1) is 13.8 Å². The highest BCUT2D eigenvalue weighted by Crippen LogP contribution is 2.43. The quantitative estimate of drug-likeness (QED) is 0.227. The lowest BCUT2D eigenvalue weighted by Crippen LogP contribution is -2.29. The maximum absolute atomic E-state index is 13.3. The van der Waals surface area contributed by atoms with Gasteiger partial charge in [0, 0.05) is 5.56 Å². The smallest absolute Gasteiger partial charge is 0.301 e. The summed E-state index contributed by atoms with van der Waals surface area (Å²) >= 11 is 1.20. The van der Waals surface area contributed by atoms with Gasteiger partial charge >= 0.3 is 5.91 Å². The van der Waals surface area contributed by atoms with Crippen LogP contribution in [0.2, 0.25) is 0 Å². The molecule has 2 heterocycles. The van der Waals surface area contributed by atoms with Gasteiger partial charge in [0.15, 0.2) is 0 Å². The molecule has 0 aliphatic carbocycles. The number of aryl methyl sites for hydroxylation is 2. The fourth-order valence-corrected chi connectivity index (χ4v) is 4.68. The van der Waals surface area contributed by atoms with E-state index in [4.69, 9.17) is 4.74 Å². The molecule has 0 bridgehead atoms. The Morgan fingerprint density at radius 3 is 2.31 bits per heavy atom. The van der Waals surface area contributed by atoms with Crippen LogP contribution in [0.4, 0.5) is 5.13 Å². The van der Waals surface area contributed by atoms with Crippen LogP contribution < -0.4 is 9.64 Å². The van der Waals surface area contributed by atoms with Crippen molar-refractivity contribution in [2.45, 2.75) is 19.9 Å². The lowest BCUT2D eigenvalue weighted by atomic mass is 9.95. The number of aromatic nitrogens is 2. The van der Waals surface area contributed by atoms with Crippen molar-refractivity contribution >= 4 is 33.9 Å². The van der Waals surface area contributed by atoms with Gasteiger partial charge in [-0.1, -0.05) is 71.5 Å². The number of ketones is 1. The van der Waals surface area contributed by atoms with Gasteiger partial charge < -0.3 is 9.84 Å². The number of hydrogen-bond donors (Lipinski definition) is 1. The summed E-state index contributed by atoms with van der Waals surface area (Å²) in [6.45, 7) is 3.70. The molecule has 1 aliphatic rings. The first-order valence-electron chi connectivity index (χ1n) is 10.9. The van der Waals surface area contributed by atoms with Gasteiger partial charge in [0.2, 0.25) is 5.13 Å². The summed E-state index contributed by atoms with van der Waals surface area (Å²) < 4.78 is 5.98. The normalized spacial score (nSPS) is 17.1. The molecule has 174 valence electrons. The summed E-state index contributed by atoms with van der Waals surface area (Å²) in [6.07, 6.45) is 0. The summed E-state index contributed by atoms with van der Waals surface area (Å²) in [5.41, 5.74) is 2.04. The van der Waals surface area contributed by atoms with Crippen molar-refractivity contribution in [2.24, 2.45) is 0 Å². The number of benzene rings is 3. The van der Waals surface area contributed by atoms with Gasteiger partial charge in [-0.3, -0.25) is 14.5 Å². The van der Waals surface area contributed by atoms with Crippen LogP contribution in [0.25, 0.3) is 5.76 Å². The highest BCUT2D eigenvalue weighted by Gasteiger charge is 2.48. The highest BCUT2D eigenvalue weighted by atomic mass is 32.1. The Morgan fingerprint density at radius 1 is 0.914 bits per heavy atom. The van der Waals surface area contributed by atoms with Crippen LogP contribution in [0.1, 0.15) is 27.7 Å². The Hall–Kier alpha value is -4.30. The Kier molecular flexibility index (Phi) is 5.88. The molecule has 5 rings (SSSR count). The minimum Gasteiger partial charge on any atom is -0.507 e. The number of Topliss-reactive ketones (excluding diaryl/α,β-unsaturated/α-hetero) is 1. The topological polar surface area (TPSA) is 92.6 Å². The number of aliphatic hydroxyl groups excluding tert-OH is 1. The summed E-state index contributed by atoms with van der Waals surface area (Å²) in [6, 6.07) is 22.6. The van der Waals surface area contributed by atoms with Crippen molar-refractivity contribution in [3.63, 3.8) is 0 Å². The molecule has 1 amide bonds. The van der Waals surface area contributed by atoms with Crippen molar-refractivity contribution in [2.75, 3.05) is 4.90 Å². The molecular formula is C27H21N3O4S. The van der Waals surface area contributed by atoms with E-state index in [2.05, 4.69) is 10.2 Å². The molecule has 7 nitrogen and oxygen atoms in total. The Labute approximate surface area is 206 Å². The van der Waals surface area contributed by atoms with Gasteiger partial charge in [0.1, 0.15) is 22.3 Å². The number of ether oxygens (including phenoxy) is 1. The number of anilines is 1. The van der Waals surface area contributed by atoms with Gasteiger partial charge in [0.05, 0.1) is 11.6 Å². The van der Waals surface area contributed by atoms with Gasteiger partial charge in [-0.15, -0.1) is 10.2 Å². The molecule has 4 aromatic rings. The predicted octanol–water partition coefficient (Wildman–Crippen LogP) is 5.57. The lowest BCUT2D eigenvalue weighted by molar-refractivity contribution is -0.132. The van der Waals surface area contributed by atoms with Gasteiger partial charge in [-0.25, -0.2) is 0 Å². The van der Waals surface area contributed by atoms with E-state index in [-0.39, 0.29) is 16.5 Å². The van der Waals surface area contributed by atoms with E-state index in [1.54, 1.807) is 43.3 Å². The number of aliphatic hydroxyl groups is 1. The fraction of sp³-hybridized carbons (Fsp3) is 0.111. The third-order valence-electron chi connectivity index (χ3n) is 5.64. The van der Waals surface area contributed by atoms with E-state index in [9.17, 15) is 14.7 Å². The molecule has 3 aromatic carbocycles. The number of rotatable bonds is 5. The monoisotopic (exact) mass is 483 g/mol. The van der Waals surface area contributed by atoms with Crippen LogP contribution in [-0.2, 0) is 9.59 Å². The SMILES string of the molecule is Cc1ccc(C(O)=C2C(=O)C(=O)N(c3nnc(C)s3)[C@H]2c2cccc(Oc3ccccc3)c2)cc1. The van der Waals surface area contributed by atoms with Crippen LogP contribution in [0.5, 0.6) is 11.5 Å². The van der Waals surface area contributed by atoms with E-state index in [1.165, 1.54) is 16.2 Å². The lowest BCUT2D eigenvalue weighted by Gasteiger charge is -2.23. The van der Waals surface area contributed by atoms with Crippen LogP contribution in [0.3, 0.4) is 0 Å². The zero-order chi connectivity index (χ0) is 24.5. The van der Waals surface area contributed by atoms with Crippen molar-refractivity contribution in [3.8, 4) is 11.5 Å². The standard InChI is InChI=1S/C27H21N3O4S/c1-16-11-13-18(14-12-16)24(31)22-23(30(26(33)25(22)32)27-29-28-17(2)35-27)19-7-6-10-21(15-19)34-20-8-4-3-5-9-20/h3-15,23,31H,1-2H3/t23-/m0/s1. The minimum absolute atomic E-state index is 0.0106. The number of carbonyl (C=O) groups excluding carboxylic acids is 2. The van der Waals surface area contributed by atoms with Gasteiger partial charge in [-0.2, -0.15) is 0 Å². The maximum Gasteiger partial charge on any atom is 0.301 e. The van der Waals surface area contributed by atoms with Gasteiger partial charge in [0.25, 0.3) is 5.78 Å². The molecule has 1 aliphatic heterocycles. The highest BCUT2D eigenvalue weighted by molar-refractivity contribution is 7.15. The van der Waals surface area contributed by atoms with E-state index in [1.807, 2.05) is 49.4 Å². The zero-order valence-corrected chi connectivity index (χ0v) is 19.8. The van der Waals surface area contributed by atoms with Crippen molar-refractivity contribution in [1.29, 1.82) is 0 Å². The molecule has 0 radical (unpaired) electrons. The first kappa shape index (κ1) is 22.5. The van der Waals surface area contributed by atoms with Crippen LogP contribution in [-0.4, -0.2) is 27.0 Å². The van der Waals surface area contributed by atoms with E-state index in [0.29, 0.717) is 27.6 Å². The first-order chi connectivity index (χ1) is 16.9. The molecule has 1 fully saturated rings. The van der Waals surface area contributed by atoms with Crippen LogP contribution >= 0.6 is 11.3 Å². The zero-order valence-electron chi connectivity index (χ0n) is 19.0. The number of amides is 1. The third-order valence-corrected chi connectivity index (χ3v) is 6.48. The van der Waals surface area contributed by atoms with Crippen LogP contribution in [0.15, 0.2) is 84.4 Å². The number of para-hydroxylation sites is 1. The Balaban J connectivity index is 1.65. The van der Waals surface area contributed by atoms with Gasteiger partial charge in [-0.05, 0) is 43.7 Å². The maximum atomic E-state index is 13.3. The fourth-order valence-electron chi connectivity index (χ4n) is 3.97. The largest absolute Gasteiger partial charge is 0.507 e. The van der Waals surface area contributed by atoms with E-state index < -0.39 is 17.7 Å². The summed E-state index contributed by atoms with van der Waals surface area (Å²) in [5, 5.41) is 20.3. The second-order valence-electron chi connectivity index (χ2n) is 8.13. The molecule has 0 saturated carbocycles.